The van der Waals surface area contributed by atoms with E-state index in [0.29, 0.717) is 28.6 Å². The largest absolute Gasteiger partial charge is 0.433 e. The smallest absolute Gasteiger partial charge is 0.291 e. The third kappa shape index (κ3) is 4.64. The van der Waals surface area contributed by atoms with E-state index in [0.717, 1.165) is 16.6 Å². The zero-order valence-corrected chi connectivity index (χ0v) is 22.0. The fourth-order valence-corrected chi connectivity index (χ4v) is 6.94. The summed E-state index contributed by atoms with van der Waals surface area (Å²) in [6.07, 6.45) is 1.03. The van der Waals surface area contributed by atoms with E-state index in [1.165, 1.54) is 24.4 Å². The van der Waals surface area contributed by atoms with Crippen LogP contribution in [0.1, 0.15) is 33.9 Å². The Labute approximate surface area is 232 Å². The molecule has 1 aromatic carbocycles. The van der Waals surface area contributed by atoms with Gasteiger partial charge < -0.3 is 0 Å². The molecule has 4 aromatic rings. The number of Topliss-reactive ketones (excluding diaryl/α,β-unsaturated/α-hetero) is 1. The first-order valence-electron chi connectivity index (χ1n) is 12.5. The Hall–Kier alpha value is -4.23. The van der Waals surface area contributed by atoms with Crippen molar-refractivity contribution < 1.29 is 30.8 Å². The highest BCUT2D eigenvalue weighted by atomic mass is 32.2. The van der Waals surface area contributed by atoms with Crippen LogP contribution in [0, 0.1) is 11.2 Å². The first-order chi connectivity index (χ1) is 19.5. The Morgan fingerprint density at radius 2 is 1.78 bits per heavy atom. The van der Waals surface area contributed by atoms with Gasteiger partial charge in [0.15, 0.2) is 5.78 Å². The number of benzene rings is 1. The van der Waals surface area contributed by atoms with Crippen molar-refractivity contribution >= 4 is 21.9 Å². The van der Waals surface area contributed by atoms with Crippen molar-refractivity contribution in [3.63, 3.8) is 0 Å². The number of pyridine rings is 2. The summed E-state index contributed by atoms with van der Waals surface area (Å²) in [6.45, 7) is -0.365. The second kappa shape index (κ2) is 9.70. The van der Waals surface area contributed by atoms with E-state index in [1.807, 2.05) is 0 Å². The average Bonchev–Trinajstić information content (AvgIpc) is 3.38. The Bertz CT molecular complexity index is 1790. The molecule has 1 aliphatic heterocycles. The topological polar surface area (TPSA) is 98.0 Å². The maximum atomic E-state index is 14.1. The number of aromatic nitrogens is 4. The maximum absolute atomic E-state index is 14.1. The zero-order valence-electron chi connectivity index (χ0n) is 21.2. The van der Waals surface area contributed by atoms with Gasteiger partial charge in [-0.3, -0.25) is 14.8 Å². The predicted molar refractivity (Wildman–Crippen MR) is 139 cm³/mol. The molecule has 1 saturated heterocycles. The molecule has 210 valence electrons. The van der Waals surface area contributed by atoms with Crippen LogP contribution in [0.4, 0.5) is 17.6 Å². The number of fused-ring (bicyclic) bond motifs is 2. The molecule has 1 unspecified atom stereocenters. The van der Waals surface area contributed by atoms with E-state index in [9.17, 15) is 30.8 Å². The number of piperidine rings is 1. The molecule has 3 aromatic heterocycles. The summed E-state index contributed by atoms with van der Waals surface area (Å²) in [5, 5.41) is 4.44. The highest BCUT2D eigenvalue weighted by Crippen LogP contribution is 2.47. The number of nitrogens with zero attached hydrogens (tertiary/aromatic N) is 5. The number of sulfonamides is 1. The van der Waals surface area contributed by atoms with Crippen molar-refractivity contribution in [2.24, 2.45) is 5.41 Å². The van der Waals surface area contributed by atoms with Gasteiger partial charge in [0.2, 0.25) is 10.0 Å². The molecule has 2 aliphatic rings. The molecule has 0 bridgehead atoms. The molecule has 41 heavy (non-hydrogen) atoms. The van der Waals surface area contributed by atoms with Gasteiger partial charge in [-0.2, -0.15) is 22.6 Å². The van der Waals surface area contributed by atoms with Gasteiger partial charge in [-0.05, 0) is 73.0 Å². The Morgan fingerprint density at radius 3 is 2.49 bits per heavy atom. The van der Waals surface area contributed by atoms with Gasteiger partial charge in [0.1, 0.15) is 17.2 Å². The van der Waals surface area contributed by atoms with Crippen LogP contribution in [0.15, 0.2) is 83.7 Å². The van der Waals surface area contributed by atoms with E-state index in [2.05, 4.69) is 15.1 Å². The number of rotatable bonds is 5. The predicted octanol–water partition coefficient (Wildman–Crippen LogP) is 4.72. The summed E-state index contributed by atoms with van der Waals surface area (Å²) in [4.78, 5) is 21.0. The van der Waals surface area contributed by atoms with Crippen LogP contribution >= 0.6 is 0 Å². The summed E-state index contributed by atoms with van der Waals surface area (Å²) >= 11 is 0. The van der Waals surface area contributed by atoms with Gasteiger partial charge in [0, 0.05) is 25.5 Å². The molecular formula is C28H21F4N5O3S. The number of carbonyl (C=O) groups excluding carboxylic acids is 1. The average molecular weight is 584 g/mol. The van der Waals surface area contributed by atoms with Gasteiger partial charge in [0.25, 0.3) is 0 Å². The number of halogens is 4. The lowest BCUT2D eigenvalue weighted by molar-refractivity contribution is -0.141. The van der Waals surface area contributed by atoms with Gasteiger partial charge in [0.05, 0.1) is 27.9 Å². The highest BCUT2D eigenvalue weighted by Gasteiger charge is 2.51. The number of ketones is 1. The molecule has 0 spiro atoms. The Morgan fingerprint density at radius 1 is 1.00 bits per heavy atom. The van der Waals surface area contributed by atoms with Crippen LogP contribution in [-0.4, -0.2) is 51.3 Å². The molecule has 0 radical (unpaired) electrons. The van der Waals surface area contributed by atoms with Crippen molar-refractivity contribution in [3.8, 4) is 5.69 Å². The normalized spacial score (nSPS) is 19.3. The number of hydrogen-bond donors (Lipinski definition) is 0. The summed E-state index contributed by atoms with van der Waals surface area (Å²) in [5.74, 6) is -0.812. The van der Waals surface area contributed by atoms with E-state index in [4.69, 9.17) is 0 Å². The second-order valence-electron chi connectivity index (χ2n) is 9.88. The monoisotopic (exact) mass is 583 g/mol. The maximum Gasteiger partial charge on any atom is 0.433 e. The minimum atomic E-state index is -4.83. The molecule has 1 atom stereocenters. The van der Waals surface area contributed by atoms with Crippen LogP contribution in [0.25, 0.3) is 11.8 Å². The zero-order chi connectivity index (χ0) is 29.0. The van der Waals surface area contributed by atoms with Crippen molar-refractivity contribution in [1.29, 1.82) is 0 Å². The van der Waals surface area contributed by atoms with E-state index in [-0.39, 0.29) is 31.6 Å². The number of alkyl halides is 3. The quantitative estimate of drug-likeness (QED) is 0.249. The molecule has 13 heteroatoms. The van der Waals surface area contributed by atoms with Crippen LogP contribution in [0.5, 0.6) is 0 Å². The SMILES string of the molecule is O=C(c1ccccn1)C12Cc3cnn(-c4ccc(F)cc4)c3C=C1CCN(S(=O)(=O)c1ccnc(C(F)(F)F)c1)C2. The van der Waals surface area contributed by atoms with E-state index >= 15 is 0 Å². The molecule has 0 saturated carbocycles. The number of carbonyl (C=O) groups is 1. The van der Waals surface area contributed by atoms with E-state index in [1.54, 1.807) is 41.2 Å². The molecule has 8 nitrogen and oxygen atoms in total. The highest BCUT2D eigenvalue weighted by molar-refractivity contribution is 7.89. The van der Waals surface area contributed by atoms with Crippen molar-refractivity contribution in [1.82, 2.24) is 24.1 Å². The Kier molecular flexibility index (Phi) is 6.38. The number of hydrogen-bond acceptors (Lipinski definition) is 6. The van der Waals surface area contributed by atoms with Gasteiger partial charge in [-0.15, -0.1) is 0 Å². The molecule has 1 fully saturated rings. The fourth-order valence-electron chi connectivity index (χ4n) is 5.43. The first kappa shape index (κ1) is 27.0. The molecule has 0 N–H and O–H groups in total. The minimum Gasteiger partial charge on any atom is -0.291 e. The lowest BCUT2D eigenvalue weighted by Crippen LogP contribution is -2.53. The lowest BCUT2D eigenvalue weighted by atomic mass is 9.65. The Balaban J connectivity index is 1.44. The summed E-state index contributed by atoms with van der Waals surface area (Å²) in [5.41, 5.74) is 0.0267. The van der Waals surface area contributed by atoms with Crippen LogP contribution < -0.4 is 0 Å². The first-order valence-corrected chi connectivity index (χ1v) is 14.0. The van der Waals surface area contributed by atoms with Crippen LogP contribution in [0.2, 0.25) is 0 Å². The summed E-state index contributed by atoms with van der Waals surface area (Å²) in [7, 11) is -4.43. The van der Waals surface area contributed by atoms with Crippen molar-refractivity contribution in [2.75, 3.05) is 13.1 Å². The summed E-state index contributed by atoms with van der Waals surface area (Å²) < 4.78 is 83.4. The standard InChI is InChI=1S/C28H21F4N5O3S/c29-20-4-6-21(7-5-20)37-24-13-19-9-12-36(41(39,40)22-8-11-34-25(14-22)28(30,31)32)17-27(19,15-18(24)16-35-37)26(38)23-3-1-2-10-33-23/h1-8,10-11,13-14,16H,9,12,15,17H2. The van der Waals surface area contributed by atoms with Gasteiger partial charge in [-0.25, -0.2) is 17.5 Å². The van der Waals surface area contributed by atoms with Gasteiger partial charge >= 0.3 is 6.18 Å². The minimum absolute atomic E-state index is 0.0604. The molecule has 6 rings (SSSR count). The summed E-state index contributed by atoms with van der Waals surface area (Å²) in [6, 6.07) is 12.1. The molecule has 1 aliphatic carbocycles. The van der Waals surface area contributed by atoms with Gasteiger partial charge in [-0.1, -0.05) is 11.6 Å². The third-order valence-electron chi connectivity index (χ3n) is 7.44. The lowest BCUT2D eigenvalue weighted by Gasteiger charge is -2.44. The third-order valence-corrected chi connectivity index (χ3v) is 9.29. The molecular weight excluding hydrogens is 562 g/mol. The van der Waals surface area contributed by atoms with E-state index < -0.39 is 43.8 Å². The van der Waals surface area contributed by atoms with Crippen LogP contribution in [0.3, 0.4) is 0 Å². The fraction of sp³-hybridized carbons (Fsp3) is 0.214. The van der Waals surface area contributed by atoms with Crippen LogP contribution in [-0.2, 0) is 22.6 Å². The van der Waals surface area contributed by atoms with Crippen molar-refractivity contribution in [2.45, 2.75) is 23.9 Å². The second-order valence-corrected chi connectivity index (χ2v) is 11.8. The molecule has 0 amide bonds. The molecule has 4 heterocycles. The van der Waals surface area contributed by atoms with Crippen molar-refractivity contribution in [3.05, 3.63) is 107 Å².